The molecule has 0 unspecified atom stereocenters. The second-order valence-electron chi connectivity index (χ2n) is 10.2. The van der Waals surface area contributed by atoms with Crippen LogP contribution in [-0.4, -0.2) is 53.7 Å². The van der Waals surface area contributed by atoms with Crippen molar-refractivity contribution in [2.75, 3.05) is 29.0 Å². The first-order valence-corrected chi connectivity index (χ1v) is 15.1. The average Bonchev–Trinajstić information content (AvgIpc) is 3.46. The number of hydrogen-bond acceptors (Lipinski definition) is 7. The van der Waals surface area contributed by atoms with Crippen molar-refractivity contribution >= 4 is 38.2 Å². The van der Waals surface area contributed by atoms with Crippen LogP contribution < -0.4 is 9.62 Å². The molecule has 3 aromatic carbocycles. The first-order chi connectivity index (χ1) is 19.7. The van der Waals surface area contributed by atoms with Gasteiger partial charge in [-0.25, -0.2) is 22.8 Å². The normalized spacial score (nSPS) is 14.3. The molecule has 9 nitrogen and oxygen atoms in total. The third kappa shape index (κ3) is 5.66. The first kappa shape index (κ1) is 26.6. The maximum absolute atomic E-state index is 13.5. The van der Waals surface area contributed by atoms with Gasteiger partial charge >= 0.3 is 0 Å². The number of piperidine rings is 1. The zero-order valence-corrected chi connectivity index (χ0v) is 23.0. The van der Waals surface area contributed by atoms with Crippen molar-refractivity contribution in [3.05, 3.63) is 90.6 Å². The quantitative estimate of drug-likeness (QED) is 0.255. The lowest BCUT2D eigenvalue weighted by molar-refractivity contribution is 0.0900. The van der Waals surface area contributed by atoms with Crippen LogP contribution in [-0.2, 0) is 10.0 Å². The van der Waals surface area contributed by atoms with E-state index in [0.717, 1.165) is 45.4 Å². The van der Waals surface area contributed by atoms with Crippen LogP contribution in [0, 0.1) is 11.7 Å². The van der Waals surface area contributed by atoms with E-state index in [9.17, 15) is 17.6 Å². The van der Waals surface area contributed by atoms with Gasteiger partial charge in [0.05, 0.1) is 23.7 Å². The molecule has 1 aliphatic heterocycles. The number of rotatable bonds is 7. The molecule has 1 aliphatic rings. The lowest BCUT2D eigenvalue weighted by Crippen LogP contribution is -2.37. The summed E-state index contributed by atoms with van der Waals surface area (Å²) in [5.74, 6) is 0.435. The van der Waals surface area contributed by atoms with E-state index < -0.39 is 10.0 Å². The summed E-state index contributed by atoms with van der Waals surface area (Å²) in [6.07, 6.45) is 5.74. The average molecular weight is 571 g/mol. The van der Waals surface area contributed by atoms with Crippen LogP contribution in [0.3, 0.4) is 0 Å². The number of fused-ring (bicyclic) bond motifs is 1. The van der Waals surface area contributed by atoms with Crippen molar-refractivity contribution in [2.24, 2.45) is 5.92 Å². The molecule has 2 N–H and O–H groups in total. The van der Waals surface area contributed by atoms with Crippen LogP contribution in [0.25, 0.3) is 33.3 Å². The molecule has 208 valence electrons. The van der Waals surface area contributed by atoms with Gasteiger partial charge in [0.2, 0.25) is 10.0 Å². The molecule has 5 aromatic rings. The van der Waals surface area contributed by atoms with E-state index in [-0.39, 0.29) is 17.5 Å². The van der Waals surface area contributed by atoms with Gasteiger partial charge in [0.25, 0.3) is 0 Å². The molecule has 0 bridgehead atoms. The molecule has 1 saturated heterocycles. The molecular weight excluding hydrogens is 543 g/mol. The molecule has 3 heterocycles. The van der Waals surface area contributed by atoms with Crippen molar-refractivity contribution in [2.45, 2.75) is 12.8 Å². The van der Waals surface area contributed by atoms with Crippen LogP contribution in [0.4, 0.5) is 15.9 Å². The molecule has 2 aromatic heterocycles. The second-order valence-corrected chi connectivity index (χ2v) is 11.9. The number of carbonyl (C=O) groups excluding carboxylic acids is 1. The molecule has 0 radical (unpaired) electrons. The van der Waals surface area contributed by atoms with Gasteiger partial charge in [0.15, 0.2) is 5.78 Å². The molecule has 11 heteroatoms. The second kappa shape index (κ2) is 10.7. The SMILES string of the molecule is CS(=O)(=O)Nc1ccc(C(=O)C2CCN(c3ncnc4ccc(-c5cn[nH]c5-c5ccc(F)cc5)cc34)CC2)cc1. The van der Waals surface area contributed by atoms with E-state index in [1.165, 1.54) is 12.1 Å². The number of Topliss-reactive ketones (excluding diaryl/α,β-unsaturated/α-hetero) is 1. The van der Waals surface area contributed by atoms with Crippen LogP contribution in [0.15, 0.2) is 79.3 Å². The lowest BCUT2D eigenvalue weighted by atomic mass is 9.88. The predicted molar refractivity (Wildman–Crippen MR) is 157 cm³/mol. The molecule has 0 saturated carbocycles. The highest BCUT2D eigenvalue weighted by Crippen LogP contribution is 2.35. The predicted octanol–water partition coefficient (Wildman–Crippen LogP) is 5.30. The first-order valence-electron chi connectivity index (χ1n) is 13.2. The van der Waals surface area contributed by atoms with E-state index >= 15 is 0 Å². The Morgan fingerprint density at radius 3 is 2.39 bits per heavy atom. The van der Waals surface area contributed by atoms with Gasteiger partial charge in [-0.15, -0.1) is 0 Å². The molecule has 1 fully saturated rings. The van der Waals surface area contributed by atoms with Gasteiger partial charge in [-0.3, -0.25) is 14.6 Å². The summed E-state index contributed by atoms with van der Waals surface area (Å²) < 4.78 is 38.8. The summed E-state index contributed by atoms with van der Waals surface area (Å²) in [4.78, 5) is 24.5. The van der Waals surface area contributed by atoms with Crippen LogP contribution in [0.1, 0.15) is 23.2 Å². The van der Waals surface area contributed by atoms with E-state index in [1.807, 2.05) is 18.2 Å². The molecule has 6 rings (SSSR count). The summed E-state index contributed by atoms with van der Waals surface area (Å²) in [7, 11) is -3.38. The van der Waals surface area contributed by atoms with Crippen molar-refractivity contribution in [1.82, 2.24) is 20.2 Å². The minimum atomic E-state index is -3.38. The number of aromatic nitrogens is 4. The molecule has 0 aliphatic carbocycles. The summed E-state index contributed by atoms with van der Waals surface area (Å²) >= 11 is 0. The summed E-state index contributed by atoms with van der Waals surface area (Å²) in [6.45, 7) is 1.32. The molecule has 0 atom stereocenters. The maximum atomic E-state index is 13.5. The fourth-order valence-electron chi connectivity index (χ4n) is 5.31. The number of ketones is 1. The number of sulfonamides is 1. The smallest absolute Gasteiger partial charge is 0.229 e. The summed E-state index contributed by atoms with van der Waals surface area (Å²) in [6, 6.07) is 18.8. The lowest BCUT2D eigenvalue weighted by Gasteiger charge is -2.32. The Morgan fingerprint density at radius 1 is 0.976 bits per heavy atom. The van der Waals surface area contributed by atoms with Gasteiger partial charge in [-0.05, 0) is 79.1 Å². The van der Waals surface area contributed by atoms with Crippen molar-refractivity contribution in [1.29, 1.82) is 0 Å². The summed E-state index contributed by atoms with van der Waals surface area (Å²) in [5, 5.41) is 8.17. The zero-order valence-electron chi connectivity index (χ0n) is 22.2. The topological polar surface area (TPSA) is 121 Å². The van der Waals surface area contributed by atoms with E-state index in [4.69, 9.17) is 0 Å². The van der Waals surface area contributed by atoms with Gasteiger partial charge in [-0.1, -0.05) is 6.07 Å². The number of aromatic amines is 1. The number of benzene rings is 3. The Labute approximate surface area is 236 Å². The van der Waals surface area contributed by atoms with Crippen LogP contribution in [0.5, 0.6) is 0 Å². The highest BCUT2D eigenvalue weighted by Gasteiger charge is 2.27. The number of anilines is 2. The van der Waals surface area contributed by atoms with Crippen LogP contribution >= 0.6 is 0 Å². The van der Waals surface area contributed by atoms with Crippen molar-refractivity contribution in [3.63, 3.8) is 0 Å². The highest BCUT2D eigenvalue weighted by molar-refractivity contribution is 7.92. The van der Waals surface area contributed by atoms with Crippen molar-refractivity contribution < 1.29 is 17.6 Å². The minimum Gasteiger partial charge on any atom is -0.356 e. The Bertz CT molecular complexity index is 1830. The molecule has 0 spiro atoms. The third-order valence-electron chi connectivity index (χ3n) is 7.34. The van der Waals surface area contributed by atoms with E-state index in [0.29, 0.717) is 37.2 Å². The molecular formula is C30H27FN6O3S. The Balaban J connectivity index is 1.21. The summed E-state index contributed by atoms with van der Waals surface area (Å²) in [5.41, 5.74) is 5.24. The Kier molecular flexibility index (Phi) is 6.96. The third-order valence-corrected chi connectivity index (χ3v) is 7.94. The Hall–Kier alpha value is -4.64. The number of halogens is 1. The minimum absolute atomic E-state index is 0.0543. The van der Waals surface area contributed by atoms with Crippen LogP contribution in [0.2, 0.25) is 0 Å². The Morgan fingerprint density at radius 2 is 1.68 bits per heavy atom. The fraction of sp³-hybridized carbons (Fsp3) is 0.200. The van der Waals surface area contributed by atoms with E-state index in [2.05, 4.69) is 29.8 Å². The number of hydrogen-bond donors (Lipinski definition) is 2. The molecule has 0 amide bonds. The fourth-order valence-corrected chi connectivity index (χ4v) is 5.87. The number of nitrogens with one attached hydrogen (secondary N) is 2. The number of nitrogens with zero attached hydrogens (tertiary/aromatic N) is 4. The van der Waals surface area contributed by atoms with E-state index in [1.54, 1.807) is 48.9 Å². The van der Waals surface area contributed by atoms with Gasteiger partial charge in [0, 0.05) is 46.8 Å². The van der Waals surface area contributed by atoms with Gasteiger partial charge in [0.1, 0.15) is 18.0 Å². The molecule has 41 heavy (non-hydrogen) atoms. The van der Waals surface area contributed by atoms with Crippen molar-refractivity contribution in [3.8, 4) is 22.4 Å². The largest absolute Gasteiger partial charge is 0.356 e. The standard InChI is InChI=1S/C30H27FN6O3S/c1-41(39,40)36-24-9-4-20(5-10-24)29(38)21-12-14-37(15-13-21)30-25-16-22(6-11-27(25)32-18-33-30)26-17-34-35-28(26)19-2-7-23(31)8-3-19/h2-11,16-18,21,36H,12-15H2,1H3,(H,34,35). The van der Waals surface area contributed by atoms with Gasteiger partial charge in [-0.2, -0.15) is 5.10 Å². The zero-order chi connectivity index (χ0) is 28.6. The van der Waals surface area contributed by atoms with Gasteiger partial charge < -0.3 is 4.90 Å². The number of H-pyrrole nitrogens is 1. The highest BCUT2D eigenvalue weighted by atomic mass is 32.2. The number of carbonyl (C=O) groups is 1. The maximum Gasteiger partial charge on any atom is 0.229 e. The monoisotopic (exact) mass is 570 g/mol.